The topological polar surface area (TPSA) is 84.1 Å². The van der Waals surface area contributed by atoms with Gasteiger partial charge in [0.15, 0.2) is 6.29 Å². The van der Waals surface area contributed by atoms with E-state index in [0.717, 1.165) is 6.07 Å². The minimum absolute atomic E-state index is 0.0540. The van der Waals surface area contributed by atoms with E-state index < -0.39 is 5.56 Å². The highest BCUT2D eigenvalue weighted by Gasteiger charge is 1.97. The molecular weight excluding hydrogens is 162 g/mol. The van der Waals surface area contributed by atoms with Gasteiger partial charge in [-0.2, -0.15) is 0 Å². The molecule has 0 aromatic carbocycles. The van der Waals surface area contributed by atoms with Crippen LogP contribution in [0.2, 0.25) is 0 Å². The van der Waals surface area contributed by atoms with Crippen LogP contribution in [0.3, 0.4) is 0 Å². The number of carbonyl (C=O) groups excluding carboxylic acids is 1. The van der Waals surface area contributed by atoms with E-state index in [9.17, 15) is 9.59 Å². The predicted octanol–water partition coefficient (Wildman–Crippen LogP) is -0.444. The van der Waals surface area contributed by atoms with E-state index in [1.807, 2.05) is 0 Å². The van der Waals surface area contributed by atoms with Crippen LogP contribution in [0.25, 0.3) is 0 Å². The summed E-state index contributed by atoms with van der Waals surface area (Å²) in [6, 6.07) is 1.09. The van der Waals surface area contributed by atoms with Crippen LogP contribution in [-0.2, 0) is 4.84 Å². The number of nitrogens with one attached hydrogen (secondary N) is 2. The lowest BCUT2D eigenvalue weighted by Gasteiger charge is -2.00. The van der Waals surface area contributed by atoms with Crippen molar-refractivity contribution in [3.63, 3.8) is 0 Å². The zero-order chi connectivity index (χ0) is 8.97. The van der Waals surface area contributed by atoms with Gasteiger partial charge in [-0.1, -0.05) is 0 Å². The number of anilines is 1. The fourth-order valence-electron chi connectivity index (χ4n) is 0.682. The zero-order valence-electron chi connectivity index (χ0n) is 6.33. The van der Waals surface area contributed by atoms with Gasteiger partial charge in [-0.15, -0.1) is 0 Å². The SMILES string of the molecule is CONc1nc(C=O)cc(=O)[nH]1. The van der Waals surface area contributed by atoms with Crippen LogP contribution in [0.15, 0.2) is 10.9 Å². The molecule has 0 amide bonds. The van der Waals surface area contributed by atoms with E-state index >= 15 is 0 Å². The lowest BCUT2D eigenvalue weighted by atomic mass is 10.4. The Balaban J connectivity index is 3.06. The smallest absolute Gasteiger partial charge is 0.253 e. The van der Waals surface area contributed by atoms with Gasteiger partial charge in [0.2, 0.25) is 5.95 Å². The Labute approximate surface area is 67.5 Å². The molecule has 2 N–H and O–H groups in total. The molecule has 0 saturated heterocycles. The Hall–Kier alpha value is -1.69. The summed E-state index contributed by atoms with van der Waals surface area (Å²) >= 11 is 0. The van der Waals surface area contributed by atoms with Gasteiger partial charge in [-0.25, -0.2) is 10.5 Å². The summed E-state index contributed by atoms with van der Waals surface area (Å²) in [5.41, 5.74) is 1.94. The number of carbonyl (C=O) groups is 1. The first-order valence-corrected chi connectivity index (χ1v) is 3.12. The molecular formula is C6H7N3O3. The molecule has 6 heteroatoms. The summed E-state index contributed by atoms with van der Waals surface area (Å²) in [5.74, 6) is 0.104. The molecule has 0 radical (unpaired) electrons. The van der Waals surface area contributed by atoms with Crippen LogP contribution in [0.1, 0.15) is 10.5 Å². The third-order valence-electron chi connectivity index (χ3n) is 1.08. The van der Waals surface area contributed by atoms with Crippen LogP contribution in [0.5, 0.6) is 0 Å². The lowest BCUT2D eigenvalue weighted by Crippen LogP contribution is -2.13. The van der Waals surface area contributed by atoms with Crippen molar-refractivity contribution in [2.75, 3.05) is 12.6 Å². The second-order valence-electron chi connectivity index (χ2n) is 1.94. The highest BCUT2D eigenvalue weighted by Crippen LogP contribution is 1.93. The Morgan fingerprint density at radius 2 is 2.50 bits per heavy atom. The number of hydrogen-bond donors (Lipinski definition) is 2. The number of hydrogen-bond acceptors (Lipinski definition) is 5. The van der Waals surface area contributed by atoms with Crippen molar-refractivity contribution in [1.29, 1.82) is 0 Å². The van der Waals surface area contributed by atoms with Crippen molar-refractivity contribution in [3.05, 3.63) is 22.1 Å². The highest BCUT2D eigenvalue weighted by molar-refractivity contribution is 5.71. The van der Waals surface area contributed by atoms with Gasteiger partial charge >= 0.3 is 0 Å². The molecule has 1 heterocycles. The Kier molecular flexibility index (Phi) is 2.54. The number of aromatic nitrogens is 2. The van der Waals surface area contributed by atoms with Gasteiger partial charge in [-0.3, -0.25) is 19.4 Å². The normalized spacial score (nSPS) is 9.42. The number of H-pyrrole nitrogens is 1. The van der Waals surface area contributed by atoms with E-state index in [1.165, 1.54) is 7.11 Å². The summed E-state index contributed by atoms with van der Waals surface area (Å²) in [4.78, 5) is 31.5. The highest BCUT2D eigenvalue weighted by atomic mass is 16.6. The average molecular weight is 169 g/mol. The van der Waals surface area contributed by atoms with Crippen molar-refractivity contribution in [1.82, 2.24) is 9.97 Å². The first kappa shape index (κ1) is 8.41. The maximum Gasteiger partial charge on any atom is 0.253 e. The largest absolute Gasteiger partial charge is 0.296 e. The molecule has 1 aromatic rings. The van der Waals surface area contributed by atoms with Crippen LogP contribution in [-0.4, -0.2) is 23.4 Å². The molecule has 0 aliphatic heterocycles. The van der Waals surface area contributed by atoms with Gasteiger partial charge in [0, 0.05) is 6.07 Å². The number of nitrogens with zero attached hydrogens (tertiary/aromatic N) is 1. The number of aromatic amines is 1. The number of rotatable bonds is 3. The second kappa shape index (κ2) is 3.63. The Morgan fingerprint density at radius 1 is 1.75 bits per heavy atom. The maximum absolute atomic E-state index is 10.8. The molecule has 0 fully saturated rings. The maximum atomic E-state index is 10.8. The number of aldehydes is 1. The fraction of sp³-hybridized carbons (Fsp3) is 0.167. The van der Waals surface area contributed by atoms with E-state index in [1.54, 1.807) is 0 Å². The minimum Gasteiger partial charge on any atom is -0.296 e. The summed E-state index contributed by atoms with van der Waals surface area (Å²) in [5, 5.41) is 0. The molecule has 64 valence electrons. The third-order valence-corrected chi connectivity index (χ3v) is 1.08. The molecule has 12 heavy (non-hydrogen) atoms. The van der Waals surface area contributed by atoms with Crippen molar-refractivity contribution in [2.24, 2.45) is 0 Å². The van der Waals surface area contributed by atoms with Gasteiger partial charge in [-0.05, 0) is 0 Å². The van der Waals surface area contributed by atoms with Crippen molar-refractivity contribution >= 4 is 12.2 Å². The Morgan fingerprint density at radius 3 is 3.08 bits per heavy atom. The standard InChI is InChI=1S/C6H7N3O3/c1-12-9-6-7-4(3-10)2-5(11)8-6/h2-3H,1H3,(H2,7,8,9,11). The Bertz CT molecular complexity index is 333. The fourth-order valence-corrected chi connectivity index (χ4v) is 0.682. The van der Waals surface area contributed by atoms with Gasteiger partial charge in [0.1, 0.15) is 5.69 Å². The zero-order valence-corrected chi connectivity index (χ0v) is 6.33. The van der Waals surface area contributed by atoms with Crippen molar-refractivity contribution < 1.29 is 9.63 Å². The molecule has 0 atom stereocenters. The molecule has 1 aromatic heterocycles. The molecule has 0 aliphatic rings. The quantitative estimate of drug-likeness (QED) is 0.473. The summed E-state index contributed by atoms with van der Waals surface area (Å²) in [7, 11) is 1.37. The monoisotopic (exact) mass is 169 g/mol. The van der Waals surface area contributed by atoms with Crippen molar-refractivity contribution in [3.8, 4) is 0 Å². The van der Waals surface area contributed by atoms with Crippen LogP contribution in [0.4, 0.5) is 5.95 Å². The lowest BCUT2D eigenvalue weighted by molar-refractivity contribution is 0.111. The van der Waals surface area contributed by atoms with E-state index in [-0.39, 0.29) is 11.6 Å². The summed E-state index contributed by atoms with van der Waals surface area (Å²) < 4.78 is 0. The first-order valence-electron chi connectivity index (χ1n) is 3.12. The van der Waals surface area contributed by atoms with Crippen LogP contribution < -0.4 is 11.0 Å². The molecule has 0 unspecified atom stereocenters. The minimum atomic E-state index is -0.411. The van der Waals surface area contributed by atoms with E-state index in [4.69, 9.17) is 0 Å². The second-order valence-corrected chi connectivity index (χ2v) is 1.94. The average Bonchev–Trinajstić information content (AvgIpc) is 2.04. The molecule has 0 saturated carbocycles. The molecule has 0 spiro atoms. The van der Waals surface area contributed by atoms with Gasteiger partial charge in [0.25, 0.3) is 5.56 Å². The van der Waals surface area contributed by atoms with E-state index in [0.29, 0.717) is 6.29 Å². The third kappa shape index (κ3) is 1.89. The van der Waals surface area contributed by atoms with Crippen LogP contribution >= 0.6 is 0 Å². The predicted molar refractivity (Wildman–Crippen MR) is 40.9 cm³/mol. The van der Waals surface area contributed by atoms with E-state index in [2.05, 4.69) is 20.3 Å². The summed E-state index contributed by atoms with van der Waals surface area (Å²) in [6.07, 6.45) is 0.482. The van der Waals surface area contributed by atoms with Crippen molar-refractivity contribution in [2.45, 2.75) is 0 Å². The molecule has 0 aliphatic carbocycles. The molecule has 6 nitrogen and oxygen atoms in total. The summed E-state index contributed by atoms with van der Waals surface area (Å²) in [6.45, 7) is 0. The van der Waals surface area contributed by atoms with Crippen LogP contribution in [0, 0.1) is 0 Å². The first-order chi connectivity index (χ1) is 5.76. The molecule has 1 rings (SSSR count). The molecule has 0 bridgehead atoms. The van der Waals surface area contributed by atoms with Gasteiger partial charge in [0.05, 0.1) is 7.11 Å². The van der Waals surface area contributed by atoms with Gasteiger partial charge < -0.3 is 0 Å².